The van der Waals surface area contributed by atoms with Crippen LogP contribution in [-0.2, 0) is 6.54 Å². The lowest BCUT2D eigenvalue weighted by molar-refractivity contribution is 0.486. The quantitative estimate of drug-likeness (QED) is 0.934. The van der Waals surface area contributed by atoms with Crippen molar-refractivity contribution < 1.29 is 0 Å². The fourth-order valence-electron chi connectivity index (χ4n) is 1.86. The molecule has 0 spiro atoms. The van der Waals surface area contributed by atoms with Crippen LogP contribution in [0.25, 0.3) is 11.3 Å². The number of nitrogens with zero attached hydrogens (tertiary/aromatic N) is 5. The van der Waals surface area contributed by atoms with Crippen LogP contribution in [0.1, 0.15) is 12.8 Å². The molecule has 0 amide bonds. The minimum absolute atomic E-state index is 0.212. The van der Waals surface area contributed by atoms with Gasteiger partial charge in [-0.2, -0.15) is 10.4 Å². The normalized spacial score (nSPS) is 16.0. The molecule has 2 aromatic rings. The van der Waals surface area contributed by atoms with E-state index < -0.39 is 0 Å². The number of anilines is 1. The molecule has 0 bridgehead atoms. The Kier molecular flexibility index (Phi) is 2.75. The van der Waals surface area contributed by atoms with E-state index in [1.54, 1.807) is 17.1 Å². The molecule has 0 radical (unpaired) electrons. The molecule has 1 aliphatic rings. The van der Waals surface area contributed by atoms with E-state index in [9.17, 15) is 0 Å². The molecule has 0 aromatic carbocycles. The summed E-state index contributed by atoms with van der Waals surface area (Å²) in [6.07, 6.45) is 7.11. The lowest BCUT2D eigenvalue weighted by atomic mass is 10.1. The maximum absolute atomic E-state index is 9.08. The molecule has 2 N–H and O–H groups in total. The van der Waals surface area contributed by atoms with Crippen LogP contribution in [0.2, 0.25) is 0 Å². The first-order valence-electron chi connectivity index (χ1n) is 5.84. The van der Waals surface area contributed by atoms with E-state index in [0.29, 0.717) is 22.7 Å². The molecule has 0 atom stereocenters. The fourth-order valence-corrected chi connectivity index (χ4v) is 2.16. The van der Waals surface area contributed by atoms with E-state index in [2.05, 4.69) is 37.1 Å². The van der Waals surface area contributed by atoms with E-state index >= 15 is 0 Å². The molecule has 96 valence electrons. The molecule has 0 aliphatic heterocycles. The molecular weight excluding hydrogens is 308 g/mol. The number of halogens is 1. The average molecular weight is 319 g/mol. The van der Waals surface area contributed by atoms with E-state index in [4.69, 9.17) is 11.0 Å². The van der Waals surface area contributed by atoms with Gasteiger partial charge in [0.05, 0.1) is 36.1 Å². The Bertz CT molecular complexity index is 667. The maximum Gasteiger partial charge on any atom is 0.156 e. The predicted molar refractivity (Wildman–Crippen MR) is 72.6 cm³/mol. The van der Waals surface area contributed by atoms with Gasteiger partial charge in [0.2, 0.25) is 0 Å². The van der Waals surface area contributed by atoms with Crippen molar-refractivity contribution in [1.82, 2.24) is 19.7 Å². The number of nitrogens with two attached hydrogens (primary N) is 1. The number of nitriles is 1. The second-order valence-electron chi connectivity index (χ2n) is 4.75. The minimum Gasteiger partial charge on any atom is -0.381 e. The third-order valence-corrected chi connectivity index (χ3v) is 3.82. The van der Waals surface area contributed by atoms with Crippen molar-refractivity contribution in [1.29, 1.82) is 5.26 Å². The van der Waals surface area contributed by atoms with Gasteiger partial charge in [-0.3, -0.25) is 4.68 Å². The summed E-state index contributed by atoms with van der Waals surface area (Å²) in [5.41, 5.74) is 6.96. The minimum atomic E-state index is -0.212. The zero-order valence-corrected chi connectivity index (χ0v) is 11.6. The first-order chi connectivity index (χ1) is 9.12. The van der Waals surface area contributed by atoms with Gasteiger partial charge in [-0.05, 0) is 28.8 Å². The lowest BCUT2D eigenvalue weighted by Gasteiger charge is -2.04. The number of nitrogen functional groups attached to an aromatic ring is 1. The second kappa shape index (κ2) is 4.31. The fraction of sp³-hybridized carbons (Fsp3) is 0.333. The Morgan fingerprint density at radius 3 is 2.89 bits per heavy atom. The third-order valence-electron chi connectivity index (χ3n) is 3.24. The third kappa shape index (κ3) is 2.31. The Morgan fingerprint density at radius 1 is 1.47 bits per heavy atom. The highest BCUT2D eigenvalue weighted by atomic mass is 79.9. The van der Waals surface area contributed by atoms with Crippen molar-refractivity contribution in [2.45, 2.75) is 19.4 Å². The molecule has 2 heterocycles. The molecule has 19 heavy (non-hydrogen) atoms. The molecule has 1 aliphatic carbocycles. The van der Waals surface area contributed by atoms with Gasteiger partial charge < -0.3 is 5.73 Å². The van der Waals surface area contributed by atoms with Crippen molar-refractivity contribution in [3.63, 3.8) is 0 Å². The van der Waals surface area contributed by atoms with Crippen molar-refractivity contribution in [2.24, 2.45) is 5.41 Å². The van der Waals surface area contributed by atoms with E-state index in [-0.39, 0.29) is 5.41 Å². The van der Waals surface area contributed by atoms with Gasteiger partial charge >= 0.3 is 0 Å². The number of rotatable bonds is 3. The van der Waals surface area contributed by atoms with E-state index in [1.165, 1.54) is 0 Å². The number of hydrogen-bond donors (Lipinski definition) is 1. The molecule has 7 heteroatoms. The topological polar surface area (TPSA) is 93.4 Å². The van der Waals surface area contributed by atoms with Gasteiger partial charge in [0, 0.05) is 11.8 Å². The Labute approximate surface area is 118 Å². The molecule has 3 rings (SSSR count). The Hall–Kier alpha value is -1.94. The molecule has 1 fully saturated rings. The van der Waals surface area contributed by atoms with Gasteiger partial charge in [0.15, 0.2) is 5.82 Å². The van der Waals surface area contributed by atoms with Gasteiger partial charge in [0.1, 0.15) is 4.60 Å². The van der Waals surface area contributed by atoms with E-state index in [1.807, 2.05) is 6.20 Å². The molecule has 0 saturated heterocycles. The van der Waals surface area contributed by atoms with Crippen molar-refractivity contribution in [3.05, 3.63) is 23.2 Å². The van der Waals surface area contributed by atoms with Crippen LogP contribution < -0.4 is 5.73 Å². The van der Waals surface area contributed by atoms with Gasteiger partial charge in [-0.1, -0.05) is 0 Å². The van der Waals surface area contributed by atoms with Crippen LogP contribution in [0.15, 0.2) is 23.2 Å². The van der Waals surface area contributed by atoms with Crippen LogP contribution in [0.4, 0.5) is 5.82 Å². The van der Waals surface area contributed by atoms with Gasteiger partial charge in [0.25, 0.3) is 0 Å². The summed E-state index contributed by atoms with van der Waals surface area (Å²) in [4.78, 5) is 8.35. The van der Waals surface area contributed by atoms with Gasteiger partial charge in [-0.25, -0.2) is 9.97 Å². The van der Waals surface area contributed by atoms with Crippen molar-refractivity contribution >= 4 is 21.7 Å². The summed E-state index contributed by atoms with van der Waals surface area (Å²) in [7, 11) is 0. The monoisotopic (exact) mass is 318 g/mol. The lowest BCUT2D eigenvalue weighted by Crippen LogP contribution is -2.09. The molecule has 1 saturated carbocycles. The first-order valence-corrected chi connectivity index (χ1v) is 6.63. The largest absolute Gasteiger partial charge is 0.381 e. The van der Waals surface area contributed by atoms with Crippen LogP contribution >= 0.6 is 15.9 Å². The standard InChI is InChI=1S/C12H11BrN6/c13-10-11(15)16-4-9(18-10)8-3-17-19(5-8)7-12(6-14)1-2-12/h3-5H,1-2,7H2,(H2,15,16). The van der Waals surface area contributed by atoms with Crippen LogP contribution in [0, 0.1) is 16.7 Å². The Balaban J connectivity index is 1.85. The van der Waals surface area contributed by atoms with Gasteiger partial charge in [-0.15, -0.1) is 0 Å². The summed E-state index contributed by atoms with van der Waals surface area (Å²) in [6.45, 7) is 0.632. The maximum atomic E-state index is 9.08. The summed E-state index contributed by atoms with van der Waals surface area (Å²) < 4.78 is 2.31. The first kappa shape index (κ1) is 12.1. The van der Waals surface area contributed by atoms with Crippen LogP contribution in [0.5, 0.6) is 0 Å². The molecule has 2 aromatic heterocycles. The zero-order chi connectivity index (χ0) is 13.5. The highest BCUT2D eigenvalue weighted by Crippen LogP contribution is 2.46. The highest BCUT2D eigenvalue weighted by molar-refractivity contribution is 9.10. The molecule has 0 unspecified atom stereocenters. The van der Waals surface area contributed by atoms with Crippen molar-refractivity contribution in [3.8, 4) is 17.3 Å². The second-order valence-corrected chi connectivity index (χ2v) is 5.50. The SMILES string of the molecule is N#CC1(Cn2cc(-c3cnc(N)c(Br)n3)cn2)CC1. The summed E-state index contributed by atoms with van der Waals surface area (Å²) in [5, 5.41) is 13.3. The predicted octanol–water partition coefficient (Wildman–Crippen LogP) is 1.99. The smallest absolute Gasteiger partial charge is 0.156 e. The van der Waals surface area contributed by atoms with Crippen molar-refractivity contribution in [2.75, 3.05) is 5.73 Å². The highest BCUT2D eigenvalue weighted by Gasteiger charge is 2.43. The Morgan fingerprint density at radius 2 is 2.26 bits per heavy atom. The summed E-state index contributed by atoms with van der Waals surface area (Å²) >= 11 is 3.25. The van der Waals surface area contributed by atoms with Crippen LogP contribution in [-0.4, -0.2) is 19.7 Å². The summed E-state index contributed by atoms with van der Waals surface area (Å²) in [5.74, 6) is 0.359. The number of aromatic nitrogens is 4. The molecule has 6 nitrogen and oxygen atoms in total. The average Bonchev–Trinajstić information content (AvgIpc) is 3.02. The van der Waals surface area contributed by atoms with Crippen LogP contribution in [0.3, 0.4) is 0 Å². The van der Waals surface area contributed by atoms with E-state index in [0.717, 1.165) is 18.4 Å². The molecular formula is C12H11BrN6. The summed E-state index contributed by atoms with van der Waals surface area (Å²) in [6, 6.07) is 2.35. The zero-order valence-electron chi connectivity index (χ0n) is 10.0. The number of hydrogen-bond acceptors (Lipinski definition) is 5.